The molecule has 4 rings (SSSR count). The molecule has 6 heteroatoms. The fraction of sp³-hybridized carbons (Fsp3) is 0.619. The zero-order valence-electron chi connectivity index (χ0n) is 16.1. The first-order valence-electron chi connectivity index (χ1n) is 10.1. The summed E-state index contributed by atoms with van der Waals surface area (Å²) >= 11 is 1.79. The maximum absolute atomic E-state index is 12.6. The Labute approximate surface area is 165 Å². The Hall–Kier alpha value is -1.66. The van der Waals surface area contributed by atoms with Crippen molar-refractivity contribution < 1.29 is 9.53 Å². The Kier molecular flexibility index (Phi) is 5.93. The van der Waals surface area contributed by atoms with Gasteiger partial charge in [-0.2, -0.15) is 0 Å². The van der Waals surface area contributed by atoms with Crippen LogP contribution >= 0.6 is 11.3 Å². The van der Waals surface area contributed by atoms with Gasteiger partial charge in [0.15, 0.2) is 5.13 Å². The van der Waals surface area contributed by atoms with Crippen molar-refractivity contribution in [2.75, 3.05) is 38.3 Å². The quantitative estimate of drug-likeness (QED) is 0.797. The summed E-state index contributed by atoms with van der Waals surface area (Å²) in [4.78, 5) is 22.0. The summed E-state index contributed by atoms with van der Waals surface area (Å²) in [6.45, 7) is 3.17. The largest absolute Gasteiger partial charge is 0.375 e. The van der Waals surface area contributed by atoms with E-state index in [2.05, 4.69) is 34.1 Å². The summed E-state index contributed by atoms with van der Waals surface area (Å²) in [7, 11) is 1.61. The van der Waals surface area contributed by atoms with E-state index in [0.29, 0.717) is 12.0 Å². The first-order valence-corrected chi connectivity index (χ1v) is 11.0. The minimum absolute atomic E-state index is 0.165. The molecule has 0 N–H and O–H groups in total. The Morgan fingerprint density at radius 3 is 2.74 bits per heavy atom. The van der Waals surface area contributed by atoms with Crippen LogP contribution in [-0.4, -0.2) is 55.2 Å². The van der Waals surface area contributed by atoms with Crippen molar-refractivity contribution in [1.82, 2.24) is 9.88 Å². The molecule has 27 heavy (non-hydrogen) atoms. The second-order valence-electron chi connectivity index (χ2n) is 7.73. The summed E-state index contributed by atoms with van der Waals surface area (Å²) in [5.41, 5.74) is 1.10. The number of nitrogens with zero attached hydrogens (tertiary/aromatic N) is 3. The molecule has 0 bridgehead atoms. The number of anilines is 1. The van der Waals surface area contributed by atoms with E-state index >= 15 is 0 Å². The van der Waals surface area contributed by atoms with E-state index in [1.54, 1.807) is 18.4 Å². The summed E-state index contributed by atoms with van der Waals surface area (Å²) < 4.78 is 6.39. The number of rotatable bonds is 4. The van der Waals surface area contributed by atoms with Gasteiger partial charge in [0.2, 0.25) is 5.91 Å². The average Bonchev–Trinajstić information content (AvgIpc) is 2.98. The third-order valence-corrected chi connectivity index (χ3v) is 7.12. The fourth-order valence-electron chi connectivity index (χ4n) is 4.61. The first kappa shape index (κ1) is 18.7. The van der Waals surface area contributed by atoms with Crippen LogP contribution in [0.15, 0.2) is 24.3 Å². The fourth-order valence-corrected chi connectivity index (χ4v) is 5.63. The molecule has 1 aromatic heterocycles. The monoisotopic (exact) mass is 387 g/mol. The second-order valence-corrected chi connectivity index (χ2v) is 8.73. The Bertz CT molecular complexity index is 737. The van der Waals surface area contributed by atoms with Crippen molar-refractivity contribution >= 4 is 32.6 Å². The number of methoxy groups -OCH3 is 1. The van der Waals surface area contributed by atoms with Crippen LogP contribution in [0, 0.1) is 5.92 Å². The van der Waals surface area contributed by atoms with Crippen molar-refractivity contribution in [3.05, 3.63) is 24.3 Å². The van der Waals surface area contributed by atoms with E-state index < -0.39 is 0 Å². The van der Waals surface area contributed by atoms with E-state index in [1.165, 1.54) is 17.5 Å². The van der Waals surface area contributed by atoms with Gasteiger partial charge in [0.25, 0.3) is 0 Å². The normalized spacial score (nSPS) is 22.2. The van der Waals surface area contributed by atoms with Gasteiger partial charge in [-0.05, 0) is 43.7 Å². The van der Waals surface area contributed by atoms with Crippen LogP contribution < -0.4 is 4.90 Å². The molecule has 3 heterocycles. The van der Waals surface area contributed by atoms with E-state index in [-0.39, 0.29) is 12.5 Å². The Balaban J connectivity index is 1.42. The van der Waals surface area contributed by atoms with Crippen molar-refractivity contribution in [1.29, 1.82) is 0 Å². The molecule has 0 spiro atoms. The van der Waals surface area contributed by atoms with Gasteiger partial charge in [0, 0.05) is 32.8 Å². The van der Waals surface area contributed by atoms with Gasteiger partial charge in [-0.15, -0.1) is 0 Å². The maximum atomic E-state index is 12.6. The molecule has 0 radical (unpaired) electrons. The smallest absolute Gasteiger partial charge is 0.248 e. The van der Waals surface area contributed by atoms with Crippen molar-refractivity contribution in [3.63, 3.8) is 0 Å². The Morgan fingerprint density at radius 2 is 1.96 bits per heavy atom. The van der Waals surface area contributed by atoms with Crippen molar-refractivity contribution in [2.24, 2.45) is 5.92 Å². The molecule has 0 unspecified atom stereocenters. The molecule has 2 fully saturated rings. The molecular formula is C21H29N3O2S. The van der Waals surface area contributed by atoms with E-state index in [1.807, 2.05) is 0 Å². The lowest BCUT2D eigenvalue weighted by Crippen LogP contribution is -2.48. The van der Waals surface area contributed by atoms with Crippen LogP contribution in [0.3, 0.4) is 0 Å². The second kappa shape index (κ2) is 8.57. The predicted molar refractivity (Wildman–Crippen MR) is 110 cm³/mol. The lowest BCUT2D eigenvalue weighted by atomic mass is 9.86. The van der Waals surface area contributed by atoms with Crippen LogP contribution in [0.25, 0.3) is 10.2 Å². The van der Waals surface area contributed by atoms with E-state index in [0.717, 1.165) is 56.0 Å². The van der Waals surface area contributed by atoms with Crippen LogP contribution in [0.1, 0.15) is 38.5 Å². The topological polar surface area (TPSA) is 45.7 Å². The van der Waals surface area contributed by atoms with Gasteiger partial charge in [0.1, 0.15) is 6.61 Å². The van der Waals surface area contributed by atoms with Crippen LogP contribution in [0.4, 0.5) is 5.13 Å². The molecule has 5 nitrogen and oxygen atoms in total. The summed E-state index contributed by atoms with van der Waals surface area (Å²) in [5, 5.41) is 1.14. The molecule has 2 aromatic rings. The maximum Gasteiger partial charge on any atom is 0.248 e. The molecule has 0 aliphatic carbocycles. The molecule has 0 saturated carbocycles. The molecule has 2 aliphatic rings. The summed E-state index contributed by atoms with van der Waals surface area (Å²) in [6, 6.07) is 8.75. The number of hydrogen-bond donors (Lipinski definition) is 0. The van der Waals surface area contributed by atoms with Crippen LogP contribution in [0.2, 0.25) is 0 Å². The molecule has 1 amide bonds. The number of piperidine rings is 1. The van der Waals surface area contributed by atoms with Crippen LogP contribution in [0.5, 0.6) is 0 Å². The molecular weight excluding hydrogens is 358 g/mol. The number of para-hydroxylation sites is 1. The van der Waals surface area contributed by atoms with Gasteiger partial charge in [-0.1, -0.05) is 36.3 Å². The van der Waals surface area contributed by atoms with Gasteiger partial charge in [-0.3, -0.25) is 4.79 Å². The number of likely N-dealkylation sites (tertiary alicyclic amines) is 1. The first-order chi connectivity index (χ1) is 13.3. The standard InChI is InChI=1S/C21H29N3O2S/c1-26-15-20(25)24-12-6-2-3-8-18(24)16-10-13-23(14-11-16)21-22-17-7-4-5-9-19(17)27-21/h4-5,7,9,16,18H,2-3,6,8,10-15H2,1H3/t18-/m0/s1. The molecule has 2 aliphatic heterocycles. The highest BCUT2D eigenvalue weighted by Crippen LogP contribution is 2.34. The SMILES string of the molecule is COCC(=O)N1CCCCC[C@H]1C1CCN(c2nc3ccccc3s2)CC1. The lowest BCUT2D eigenvalue weighted by molar-refractivity contribution is -0.138. The minimum Gasteiger partial charge on any atom is -0.375 e. The number of hydrogen-bond acceptors (Lipinski definition) is 5. The van der Waals surface area contributed by atoms with E-state index in [4.69, 9.17) is 9.72 Å². The number of ether oxygens (including phenoxy) is 1. The number of carbonyl (C=O) groups is 1. The highest BCUT2D eigenvalue weighted by Gasteiger charge is 2.34. The van der Waals surface area contributed by atoms with Crippen molar-refractivity contribution in [2.45, 2.75) is 44.6 Å². The van der Waals surface area contributed by atoms with Gasteiger partial charge in [-0.25, -0.2) is 4.98 Å². The number of thiazole rings is 1. The predicted octanol–water partition coefficient (Wildman–Crippen LogP) is 3.93. The van der Waals surface area contributed by atoms with Gasteiger partial charge in [0.05, 0.1) is 10.2 Å². The number of benzene rings is 1. The zero-order chi connectivity index (χ0) is 18.6. The summed E-state index contributed by atoms with van der Waals surface area (Å²) in [6.07, 6.45) is 7.00. The molecule has 2 saturated heterocycles. The third-order valence-electron chi connectivity index (χ3n) is 6.02. The van der Waals surface area contributed by atoms with Crippen LogP contribution in [-0.2, 0) is 9.53 Å². The number of carbonyl (C=O) groups excluding carboxylic acids is 1. The number of aromatic nitrogens is 1. The van der Waals surface area contributed by atoms with Crippen molar-refractivity contribution in [3.8, 4) is 0 Å². The third kappa shape index (κ3) is 4.11. The number of amides is 1. The zero-order valence-corrected chi connectivity index (χ0v) is 16.9. The Morgan fingerprint density at radius 1 is 1.15 bits per heavy atom. The molecule has 1 aromatic carbocycles. The van der Waals surface area contributed by atoms with Gasteiger partial charge < -0.3 is 14.5 Å². The highest BCUT2D eigenvalue weighted by molar-refractivity contribution is 7.22. The summed E-state index contributed by atoms with van der Waals surface area (Å²) in [5.74, 6) is 0.757. The average molecular weight is 388 g/mol. The van der Waals surface area contributed by atoms with E-state index in [9.17, 15) is 4.79 Å². The lowest BCUT2D eigenvalue weighted by Gasteiger charge is -2.40. The molecule has 1 atom stereocenters. The van der Waals surface area contributed by atoms with Gasteiger partial charge >= 0.3 is 0 Å². The molecule has 146 valence electrons. The number of fused-ring (bicyclic) bond motifs is 1. The minimum atomic E-state index is 0.165. The highest BCUT2D eigenvalue weighted by atomic mass is 32.1.